The number of carbonyl (C=O) groups excluding carboxylic acids is 1. The molecule has 2 aromatic heterocycles. The van der Waals surface area contributed by atoms with Crippen molar-refractivity contribution in [3.8, 4) is 5.75 Å². The van der Waals surface area contributed by atoms with Crippen LogP contribution in [0.15, 0.2) is 65.4 Å². The lowest BCUT2D eigenvalue weighted by molar-refractivity contribution is 0.102. The van der Waals surface area contributed by atoms with Crippen molar-refractivity contribution >= 4 is 61.6 Å². The minimum absolute atomic E-state index is 0.0946. The van der Waals surface area contributed by atoms with Gasteiger partial charge in [-0.05, 0) is 42.5 Å². The summed E-state index contributed by atoms with van der Waals surface area (Å²) in [6, 6.07) is 14.0. The monoisotopic (exact) mass is 490 g/mol. The van der Waals surface area contributed by atoms with Gasteiger partial charge in [0, 0.05) is 27.3 Å². The number of nitrogens with zero attached hydrogens (tertiary/aromatic N) is 3. The Kier molecular flexibility index (Phi) is 5.71. The molecule has 0 radical (unpaired) electrons. The number of pyridine rings is 1. The molecule has 0 atom stereocenters. The maximum atomic E-state index is 12.6. The summed E-state index contributed by atoms with van der Waals surface area (Å²) >= 11 is 15.5. The fraction of sp³-hybridized carbons (Fsp3) is 0.0500. The van der Waals surface area contributed by atoms with Gasteiger partial charge in [-0.1, -0.05) is 45.2 Å². The van der Waals surface area contributed by atoms with E-state index in [2.05, 4.69) is 31.3 Å². The van der Waals surface area contributed by atoms with E-state index in [1.165, 1.54) is 4.68 Å². The molecule has 2 heterocycles. The van der Waals surface area contributed by atoms with Crippen molar-refractivity contribution in [1.29, 1.82) is 0 Å². The van der Waals surface area contributed by atoms with Crippen LogP contribution in [-0.2, 0) is 6.73 Å². The first kappa shape index (κ1) is 19.7. The third kappa shape index (κ3) is 4.37. The molecule has 0 saturated carbocycles. The number of hydrogen-bond acceptors (Lipinski definition) is 4. The van der Waals surface area contributed by atoms with Gasteiger partial charge in [-0.15, -0.1) is 0 Å². The van der Waals surface area contributed by atoms with Crippen LogP contribution in [0.25, 0.3) is 10.9 Å². The molecule has 0 aliphatic rings. The molecule has 0 saturated heterocycles. The minimum atomic E-state index is -0.345. The number of ether oxygens (including phenoxy) is 1. The summed E-state index contributed by atoms with van der Waals surface area (Å²) in [5.41, 5.74) is 1.55. The number of hydrogen-bond donors (Lipinski definition) is 1. The van der Waals surface area contributed by atoms with Crippen LogP contribution in [0, 0.1) is 0 Å². The van der Waals surface area contributed by atoms with Crippen LogP contribution in [0.1, 0.15) is 10.5 Å². The van der Waals surface area contributed by atoms with Crippen LogP contribution >= 0.6 is 39.1 Å². The van der Waals surface area contributed by atoms with Crippen LogP contribution in [0.4, 0.5) is 5.69 Å². The second kappa shape index (κ2) is 8.41. The Morgan fingerprint density at radius 2 is 2.03 bits per heavy atom. The average Bonchev–Trinajstić information content (AvgIpc) is 3.19. The van der Waals surface area contributed by atoms with Gasteiger partial charge in [-0.25, -0.2) is 4.68 Å². The van der Waals surface area contributed by atoms with Crippen LogP contribution in [-0.4, -0.2) is 20.7 Å². The SMILES string of the molecule is O=C(Nc1ccc(Br)c2cccnc12)c1ccn(COc2ccc(Cl)cc2Cl)n1. The second-order valence-electron chi connectivity index (χ2n) is 6.04. The second-order valence-corrected chi connectivity index (χ2v) is 7.74. The number of aromatic nitrogens is 3. The average molecular weight is 492 g/mol. The van der Waals surface area contributed by atoms with E-state index in [1.54, 1.807) is 42.7 Å². The van der Waals surface area contributed by atoms with Crippen molar-refractivity contribution in [3.63, 3.8) is 0 Å². The first-order chi connectivity index (χ1) is 14.0. The first-order valence-electron chi connectivity index (χ1n) is 8.47. The number of amides is 1. The highest BCUT2D eigenvalue weighted by Crippen LogP contribution is 2.29. The molecule has 146 valence electrons. The molecular weight excluding hydrogens is 479 g/mol. The maximum Gasteiger partial charge on any atom is 0.276 e. The van der Waals surface area contributed by atoms with E-state index in [-0.39, 0.29) is 18.3 Å². The molecule has 2 aromatic carbocycles. The van der Waals surface area contributed by atoms with E-state index >= 15 is 0 Å². The molecule has 0 bridgehead atoms. The number of fused-ring (bicyclic) bond motifs is 1. The van der Waals surface area contributed by atoms with Gasteiger partial charge < -0.3 is 10.1 Å². The smallest absolute Gasteiger partial charge is 0.276 e. The largest absolute Gasteiger partial charge is 0.470 e. The molecule has 29 heavy (non-hydrogen) atoms. The van der Waals surface area contributed by atoms with E-state index in [0.29, 0.717) is 27.0 Å². The summed E-state index contributed by atoms with van der Waals surface area (Å²) < 4.78 is 8.02. The number of rotatable bonds is 5. The molecule has 1 amide bonds. The lowest BCUT2D eigenvalue weighted by Crippen LogP contribution is -2.14. The Morgan fingerprint density at radius 1 is 1.17 bits per heavy atom. The highest BCUT2D eigenvalue weighted by atomic mass is 79.9. The molecule has 0 spiro atoms. The summed E-state index contributed by atoms with van der Waals surface area (Å²) in [6.45, 7) is 0.0946. The summed E-state index contributed by atoms with van der Waals surface area (Å²) in [7, 11) is 0. The molecule has 4 aromatic rings. The Morgan fingerprint density at radius 3 is 2.86 bits per heavy atom. The predicted molar refractivity (Wildman–Crippen MR) is 117 cm³/mol. The zero-order valence-corrected chi connectivity index (χ0v) is 17.9. The fourth-order valence-electron chi connectivity index (χ4n) is 2.71. The van der Waals surface area contributed by atoms with Gasteiger partial charge in [-0.2, -0.15) is 5.10 Å². The molecule has 9 heteroatoms. The van der Waals surface area contributed by atoms with Crippen LogP contribution in [0.3, 0.4) is 0 Å². The Bertz CT molecular complexity index is 1210. The van der Waals surface area contributed by atoms with Crippen molar-refractivity contribution in [2.75, 3.05) is 5.32 Å². The standard InChI is InChI=1S/C20H13BrCl2N4O2/c21-14-4-5-16(19-13(14)2-1-8-24-19)25-20(28)17-7-9-27(26-17)11-29-18-6-3-12(22)10-15(18)23/h1-10H,11H2,(H,25,28). The third-order valence-corrected chi connectivity index (χ3v) is 5.31. The molecule has 0 aliphatic heterocycles. The number of nitrogens with one attached hydrogen (secondary N) is 1. The molecule has 6 nitrogen and oxygen atoms in total. The summed E-state index contributed by atoms with van der Waals surface area (Å²) in [5.74, 6) is 0.132. The van der Waals surface area contributed by atoms with Crippen LogP contribution < -0.4 is 10.1 Å². The zero-order valence-electron chi connectivity index (χ0n) is 14.8. The van der Waals surface area contributed by atoms with Crippen molar-refractivity contribution < 1.29 is 9.53 Å². The Balaban J connectivity index is 1.47. The van der Waals surface area contributed by atoms with Crippen LogP contribution in [0.5, 0.6) is 5.75 Å². The van der Waals surface area contributed by atoms with E-state index in [9.17, 15) is 4.79 Å². The van der Waals surface area contributed by atoms with Crippen molar-refractivity contribution in [3.05, 3.63) is 81.1 Å². The molecule has 1 N–H and O–H groups in total. The fourth-order valence-corrected chi connectivity index (χ4v) is 3.62. The van der Waals surface area contributed by atoms with Gasteiger partial charge >= 0.3 is 0 Å². The third-order valence-electron chi connectivity index (χ3n) is 4.08. The first-order valence-corrected chi connectivity index (χ1v) is 10.0. The number of anilines is 1. The topological polar surface area (TPSA) is 69.0 Å². The number of benzene rings is 2. The quantitative estimate of drug-likeness (QED) is 0.383. The number of carbonyl (C=O) groups is 1. The van der Waals surface area contributed by atoms with Gasteiger partial charge in [0.1, 0.15) is 5.75 Å². The van der Waals surface area contributed by atoms with Gasteiger partial charge in [-0.3, -0.25) is 9.78 Å². The Hall–Kier alpha value is -2.61. The van der Waals surface area contributed by atoms with Crippen LogP contribution in [0.2, 0.25) is 10.0 Å². The van der Waals surface area contributed by atoms with Gasteiger partial charge in [0.2, 0.25) is 0 Å². The molecule has 0 unspecified atom stereocenters. The summed E-state index contributed by atoms with van der Waals surface area (Å²) in [5, 5.41) is 8.93. The molecule has 0 fully saturated rings. The van der Waals surface area contributed by atoms with Gasteiger partial charge in [0.05, 0.1) is 16.2 Å². The summed E-state index contributed by atoms with van der Waals surface area (Å²) in [4.78, 5) is 17.0. The lowest BCUT2D eigenvalue weighted by Gasteiger charge is -2.09. The Labute approximate surface area is 184 Å². The highest BCUT2D eigenvalue weighted by Gasteiger charge is 2.13. The lowest BCUT2D eigenvalue weighted by atomic mass is 10.2. The van der Waals surface area contributed by atoms with E-state index in [0.717, 1.165) is 9.86 Å². The normalized spacial score (nSPS) is 10.9. The van der Waals surface area contributed by atoms with Gasteiger partial charge in [0.15, 0.2) is 12.4 Å². The molecule has 0 aliphatic carbocycles. The number of halogens is 3. The van der Waals surface area contributed by atoms with E-state index in [1.807, 2.05) is 18.2 Å². The zero-order chi connectivity index (χ0) is 20.4. The van der Waals surface area contributed by atoms with E-state index < -0.39 is 0 Å². The molecular formula is C20H13BrCl2N4O2. The van der Waals surface area contributed by atoms with Crippen molar-refractivity contribution in [1.82, 2.24) is 14.8 Å². The minimum Gasteiger partial charge on any atom is -0.470 e. The maximum absolute atomic E-state index is 12.6. The van der Waals surface area contributed by atoms with Crippen molar-refractivity contribution in [2.45, 2.75) is 6.73 Å². The van der Waals surface area contributed by atoms with E-state index in [4.69, 9.17) is 27.9 Å². The highest BCUT2D eigenvalue weighted by molar-refractivity contribution is 9.10. The molecule has 4 rings (SSSR count). The predicted octanol–water partition coefficient (Wildman–Crippen LogP) is 5.79. The van der Waals surface area contributed by atoms with Gasteiger partial charge in [0.25, 0.3) is 5.91 Å². The van der Waals surface area contributed by atoms with Crippen molar-refractivity contribution in [2.24, 2.45) is 0 Å². The summed E-state index contributed by atoms with van der Waals surface area (Å²) in [6.07, 6.45) is 3.33.